The zero-order chi connectivity index (χ0) is 18.0. The van der Waals surface area contributed by atoms with E-state index in [1.165, 1.54) is 18.2 Å². The predicted octanol–water partition coefficient (Wildman–Crippen LogP) is 3.40. The molecule has 2 aromatic rings. The molecule has 0 saturated heterocycles. The van der Waals surface area contributed by atoms with Gasteiger partial charge in [0.15, 0.2) is 5.78 Å². The summed E-state index contributed by atoms with van der Waals surface area (Å²) in [4.78, 5) is 28.2. The molecule has 2 aromatic carbocycles. The van der Waals surface area contributed by atoms with Crippen LogP contribution in [-0.4, -0.2) is 45.0 Å². The lowest BCUT2D eigenvalue weighted by atomic mass is 9.96. The van der Waals surface area contributed by atoms with E-state index in [1.54, 1.807) is 6.07 Å². The third-order valence-corrected chi connectivity index (χ3v) is 3.92. The van der Waals surface area contributed by atoms with Crippen molar-refractivity contribution in [3.63, 3.8) is 0 Å². The van der Waals surface area contributed by atoms with Gasteiger partial charge in [-0.15, -0.1) is 0 Å². The summed E-state index contributed by atoms with van der Waals surface area (Å²) < 4.78 is 0. The van der Waals surface area contributed by atoms with Gasteiger partial charge in [0.2, 0.25) is 0 Å². The van der Waals surface area contributed by atoms with Crippen LogP contribution in [0.25, 0.3) is 0 Å². The number of ketones is 1. The maximum atomic E-state index is 12.9. The molecule has 0 heterocycles. The number of carbonyl (C=O) groups excluding carboxylic acids is 1. The Morgan fingerprint density at radius 1 is 0.875 bits per heavy atom. The number of benzene rings is 2. The Labute approximate surface area is 146 Å². The minimum atomic E-state index is -1.18. The van der Waals surface area contributed by atoms with Crippen molar-refractivity contribution in [2.24, 2.45) is 0 Å². The van der Waals surface area contributed by atoms with E-state index in [0.29, 0.717) is 5.56 Å². The first-order valence-corrected chi connectivity index (χ1v) is 7.66. The van der Waals surface area contributed by atoms with Gasteiger partial charge in [-0.1, -0.05) is 11.6 Å². The standard InChI is InChI=1S/C18H19ClN2O3/c1-20(2)12-6-8-14(16(10-12)21(3)4)17(22)13-7-5-11(19)9-15(13)18(23)24/h5-10H,1-4H3,(H,23,24). The number of rotatable bonds is 5. The van der Waals surface area contributed by atoms with Crippen LogP contribution in [-0.2, 0) is 0 Å². The maximum absolute atomic E-state index is 12.9. The minimum absolute atomic E-state index is 0.103. The Balaban J connectivity index is 2.60. The largest absolute Gasteiger partial charge is 0.478 e. The number of halogens is 1. The second-order valence-electron chi connectivity index (χ2n) is 5.81. The second-order valence-corrected chi connectivity index (χ2v) is 6.25. The molecule has 0 radical (unpaired) electrons. The normalized spacial score (nSPS) is 10.4. The highest BCUT2D eigenvalue weighted by Gasteiger charge is 2.21. The van der Waals surface area contributed by atoms with Crippen LogP contribution in [0.5, 0.6) is 0 Å². The highest BCUT2D eigenvalue weighted by atomic mass is 35.5. The minimum Gasteiger partial charge on any atom is -0.478 e. The molecule has 0 aliphatic heterocycles. The number of carbonyl (C=O) groups is 2. The van der Waals surface area contributed by atoms with Gasteiger partial charge in [-0.25, -0.2) is 4.79 Å². The molecule has 0 saturated carbocycles. The summed E-state index contributed by atoms with van der Waals surface area (Å²) in [6, 6.07) is 9.70. The number of aromatic carboxylic acids is 1. The van der Waals surface area contributed by atoms with Gasteiger partial charge in [-0.05, 0) is 36.4 Å². The third kappa shape index (κ3) is 3.51. The van der Waals surface area contributed by atoms with Gasteiger partial charge >= 0.3 is 5.97 Å². The molecule has 24 heavy (non-hydrogen) atoms. The number of carboxylic acids is 1. The van der Waals surface area contributed by atoms with Crippen molar-refractivity contribution in [3.05, 3.63) is 58.1 Å². The molecule has 0 fully saturated rings. The van der Waals surface area contributed by atoms with Gasteiger partial charge in [0.1, 0.15) is 0 Å². The van der Waals surface area contributed by atoms with Gasteiger partial charge in [-0.2, -0.15) is 0 Å². The SMILES string of the molecule is CN(C)c1ccc(C(=O)c2ccc(Cl)cc2C(=O)O)c(N(C)C)c1. The topological polar surface area (TPSA) is 60.9 Å². The maximum Gasteiger partial charge on any atom is 0.336 e. The van der Waals surface area contributed by atoms with Crippen LogP contribution in [0.1, 0.15) is 26.3 Å². The van der Waals surface area contributed by atoms with Crippen LogP contribution in [0.2, 0.25) is 5.02 Å². The van der Waals surface area contributed by atoms with Crippen molar-refractivity contribution >= 4 is 34.7 Å². The zero-order valence-corrected chi connectivity index (χ0v) is 14.8. The molecule has 2 rings (SSSR count). The molecular weight excluding hydrogens is 328 g/mol. The van der Waals surface area contributed by atoms with E-state index in [-0.39, 0.29) is 21.9 Å². The van der Waals surface area contributed by atoms with Crippen molar-refractivity contribution in [2.45, 2.75) is 0 Å². The Morgan fingerprint density at radius 3 is 2.04 bits per heavy atom. The molecule has 126 valence electrons. The summed E-state index contributed by atoms with van der Waals surface area (Å²) >= 11 is 5.86. The molecule has 0 aliphatic carbocycles. The van der Waals surface area contributed by atoms with E-state index < -0.39 is 5.97 Å². The quantitative estimate of drug-likeness (QED) is 0.841. The Kier molecular flexibility index (Phi) is 5.14. The molecule has 0 unspecified atom stereocenters. The van der Waals surface area contributed by atoms with Crippen molar-refractivity contribution in [1.82, 2.24) is 0 Å². The summed E-state index contributed by atoms with van der Waals surface area (Å²) in [5.41, 5.74) is 2.12. The molecule has 0 aromatic heterocycles. The highest BCUT2D eigenvalue weighted by molar-refractivity contribution is 6.31. The molecule has 0 aliphatic rings. The number of anilines is 2. The fourth-order valence-electron chi connectivity index (χ4n) is 2.40. The van der Waals surface area contributed by atoms with Crippen LogP contribution in [0.3, 0.4) is 0 Å². The van der Waals surface area contributed by atoms with E-state index >= 15 is 0 Å². The Bertz CT molecular complexity index is 801. The lowest BCUT2D eigenvalue weighted by Crippen LogP contribution is -2.18. The first-order valence-electron chi connectivity index (χ1n) is 7.28. The van der Waals surface area contributed by atoms with E-state index in [1.807, 2.05) is 50.1 Å². The molecule has 6 heteroatoms. The van der Waals surface area contributed by atoms with Crippen LogP contribution in [0.4, 0.5) is 11.4 Å². The van der Waals surface area contributed by atoms with Crippen LogP contribution in [0.15, 0.2) is 36.4 Å². The van der Waals surface area contributed by atoms with Gasteiger partial charge < -0.3 is 14.9 Å². The number of nitrogens with zero attached hydrogens (tertiary/aromatic N) is 2. The molecule has 0 amide bonds. The smallest absolute Gasteiger partial charge is 0.336 e. The van der Waals surface area contributed by atoms with Gasteiger partial charge in [0.05, 0.1) is 5.56 Å². The number of hydrogen-bond acceptors (Lipinski definition) is 4. The Hall–Kier alpha value is -2.53. The summed E-state index contributed by atoms with van der Waals surface area (Å²) in [5, 5.41) is 9.63. The number of hydrogen-bond donors (Lipinski definition) is 1. The third-order valence-electron chi connectivity index (χ3n) is 3.68. The second kappa shape index (κ2) is 6.93. The first-order chi connectivity index (χ1) is 11.2. The van der Waals surface area contributed by atoms with E-state index in [9.17, 15) is 14.7 Å². The van der Waals surface area contributed by atoms with Gasteiger partial charge in [0.25, 0.3) is 0 Å². The van der Waals surface area contributed by atoms with Crippen molar-refractivity contribution in [3.8, 4) is 0 Å². The predicted molar refractivity (Wildman–Crippen MR) is 96.9 cm³/mol. The lowest BCUT2D eigenvalue weighted by molar-refractivity contribution is 0.0693. The summed E-state index contributed by atoms with van der Waals surface area (Å²) in [6.45, 7) is 0. The summed E-state index contributed by atoms with van der Waals surface area (Å²) in [6.07, 6.45) is 0. The molecule has 0 bridgehead atoms. The van der Waals surface area contributed by atoms with E-state index in [0.717, 1.165) is 11.4 Å². The zero-order valence-electron chi connectivity index (χ0n) is 14.0. The molecular formula is C18H19ClN2O3. The van der Waals surface area contributed by atoms with Gasteiger partial charge in [0, 0.05) is 55.7 Å². The van der Waals surface area contributed by atoms with Crippen LogP contribution >= 0.6 is 11.6 Å². The molecule has 1 N–H and O–H groups in total. The fourth-order valence-corrected chi connectivity index (χ4v) is 2.57. The lowest BCUT2D eigenvalue weighted by Gasteiger charge is -2.21. The fraction of sp³-hybridized carbons (Fsp3) is 0.222. The average Bonchev–Trinajstić information content (AvgIpc) is 2.53. The van der Waals surface area contributed by atoms with Crippen LogP contribution in [0, 0.1) is 0 Å². The summed E-state index contributed by atoms with van der Waals surface area (Å²) in [5.74, 6) is -1.53. The van der Waals surface area contributed by atoms with Gasteiger partial charge in [-0.3, -0.25) is 4.79 Å². The highest BCUT2D eigenvalue weighted by Crippen LogP contribution is 2.28. The van der Waals surface area contributed by atoms with E-state index in [2.05, 4.69) is 0 Å². The van der Waals surface area contributed by atoms with Crippen LogP contribution < -0.4 is 9.80 Å². The Morgan fingerprint density at radius 2 is 1.50 bits per heavy atom. The number of carboxylic acid groups (broad SMARTS) is 1. The molecule has 5 nitrogen and oxygen atoms in total. The van der Waals surface area contributed by atoms with Crippen molar-refractivity contribution in [2.75, 3.05) is 38.0 Å². The molecule has 0 atom stereocenters. The van der Waals surface area contributed by atoms with E-state index in [4.69, 9.17) is 11.6 Å². The van der Waals surface area contributed by atoms with Crippen molar-refractivity contribution in [1.29, 1.82) is 0 Å². The average molecular weight is 347 g/mol. The molecule has 0 spiro atoms. The summed E-state index contributed by atoms with van der Waals surface area (Å²) in [7, 11) is 7.51. The monoisotopic (exact) mass is 346 g/mol. The first kappa shape index (κ1) is 17.8. The van der Waals surface area contributed by atoms with Crippen molar-refractivity contribution < 1.29 is 14.7 Å².